The van der Waals surface area contributed by atoms with Crippen LogP contribution < -0.4 is 5.32 Å². The van der Waals surface area contributed by atoms with Crippen molar-refractivity contribution in [3.8, 4) is 0 Å². The van der Waals surface area contributed by atoms with Crippen LogP contribution in [0.1, 0.15) is 32.3 Å². The molecule has 0 aromatic carbocycles. The van der Waals surface area contributed by atoms with Crippen molar-refractivity contribution in [2.24, 2.45) is 0 Å². The van der Waals surface area contributed by atoms with Crippen molar-refractivity contribution in [1.29, 1.82) is 0 Å². The third-order valence-electron chi connectivity index (χ3n) is 4.60. The van der Waals surface area contributed by atoms with Gasteiger partial charge in [-0.1, -0.05) is 11.6 Å². The van der Waals surface area contributed by atoms with E-state index >= 15 is 0 Å². The number of piperazine rings is 1. The summed E-state index contributed by atoms with van der Waals surface area (Å²) < 4.78 is 5.90. The standard InChI is InChI=1S/C18H22BrClN4O4/c1-18(2,3)28-17(27)24-6-4-23(5-7-24)16(26)14(25)10-8-21-13-12(10)11(20)9-22-15(13)19/h9-10,21H,4-8H2,1-3H3/t10-/m0/s1. The van der Waals surface area contributed by atoms with Crippen LogP contribution in [0.5, 0.6) is 0 Å². The minimum absolute atomic E-state index is 0.282. The summed E-state index contributed by atoms with van der Waals surface area (Å²) in [6, 6.07) is 0. The summed E-state index contributed by atoms with van der Waals surface area (Å²) >= 11 is 9.54. The van der Waals surface area contributed by atoms with Gasteiger partial charge in [0.05, 0.1) is 16.6 Å². The van der Waals surface area contributed by atoms with Crippen molar-refractivity contribution in [2.45, 2.75) is 32.3 Å². The van der Waals surface area contributed by atoms with Crippen LogP contribution in [-0.4, -0.2) is 70.9 Å². The van der Waals surface area contributed by atoms with Crippen LogP contribution in [0.15, 0.2) is 10.8 Å². The van der Waals surface area contributed by atoms with Crippen LogP contribution in [0.3, 0.4) is 0 Å². The molecule has 0 bridgehead atoms. The molecule has 3 rings (SSSR count). The van der Waals surface area contributed by atoms with Crippen LogP contribution in [0.25, 0.3) is 0 Å². The van der Waals surface area contributed by atoms with Crippen LogP contribution >= 0.6 is 27.5 Å². The molecule has 2 aliphatic heterocycles. The van der Waals surface area contributed by atoms with E-state index in [0.717, 1.165) is 0 Å². The Morgan fingerprint density at radius 2 is 1.82 bits per heavy atom. The highest BCUT2D eigenvalue weighted by atomic mass is 79.9. The van der Waals surface area contributed by atoms with E-state index in [1.165, 1.54) is 11.1 Å². The molecule has 1 saturated heterocycles. The molecular formula is C18H22BrClN4O4. The Morgan fingerprint density at radius 3 is 2.43 bits per heavy atom. The Labute approximate surface area is 176 Å². The SMILES string of the molecule is CC(C)(C)OC(=O)N1CCN(C(=O)C(=O)[C@H]2CNc3c(Br)ncc(Cl)c32)CC1. The van der Waals surface area contributed by atoms with Gasteiger partial charge in [0.2, 0.25) is 5.78 Å². The van der Waals surface area contributed by atoms with Gasteiger partial charge >= 0.3 is 6.09 Å². The highest BCUT2D eigenvalue weighted by Gasteiger charge is 2.38. The fraction of sp³-hybridized carbons (Fsp3) is 0.556. The van der Waals surface area contributed by atoms with E-state index in [2.05, 4.69) is 26.2 Å². The van der Waals surface area contributed by atoms with E-state index < -0.39 is 29.3 Å². The predicted molar refractivity (Wildman–Crippen MR) is 108 cm³/mol. The average molecular weight is 474 g/mol. The highest BCUT2D eigenvalue weighted by Crippen LogP contribution is 2.41. The summed E-state index contributed by atoms with van der Waals surface area (Å²) in [5.41, 5.74) is 0.660. The van der Waals surface area contributed by atoms with Gasteiger partial charge in [-0.15, -0.1) is 0 Å². The van der Waals surface area contributed by atoms with E-state index in [-0.39, 0.29) is 13.1 Å². The number of carbonyl (C=O) groups is 3. The lowest BCUT2D eigenvalue weighted by molar-refractivity contribution is -0.146. The molecule has 28 heavy (non-hydrogen) atoms. The number of hydrogen-bond donors (Lipinski definition) is 1. The Morgan fingerprint density at radius 1 is 1.21 bits per heavy atom. The number of nitrogens with one attached hydrogen (secondary N) is 1. The second-order valence-electron chi connectivity index (χ2n) is 7.74. The first-order valence-electron chi connectivity index (χ1n) is 8.97. The normalized spacial score (nSPS) is 19.1. The Bertz CT molecular complexity index is 819. The number of hydrogen-bond acceptors (Lipinski definition) is 6. The zero-order valence-electron chi connectivity index (χ0n) is 15.9. The molecule has 0 unspecified atom stereocenters. The van der Waals surface area contributed by atoms with E-state index in [1.54, 1.807) is 25.7 Å². The molecule has 1 N–H and O–H groups in total. The van der Waals surface area contributed by atoms with Crippen molar-refractivity contribution in [3.63, 3.8) is 0 Å². The van der Waals surface area contributed by atoms with Crippen molar-refractivity contribution in [1.82, 2.24) is 14.8 Å². The average Bonchev–Trinajstić information content (AvgIpc) is 3.09. The first-order chi connectivity index (χ1) is 13.1. The van der Waals surface area contributed by atoms with Crippen LogP contribution in [0, 0.1) is 0 Å². The summed E-state index contributed by atoms with van der Waals surface area (Å²) in [4.78, 5) is 44.8. The van der Waals surface area contributed by atoms with Gasteiger partial charge in [0.25, 0.3) is 5.91 Å². The molecule has 2 amide bonds. The van der Waals surface area contributed by atoms with Gasteiger partial charge in [0.15, 0.2) is 0 Å². The second kappa shape index (κ2) is 7.87. The molecule has 8 nitrogen and oxygen atoms in total. The molecule has 0 spiro atoms. The van der Waals surface area contributed by atoms with Gasteiger partial charge < -0.3 is 19.9 Å². The number of nitrogens with zero attached hydrogens (tertiary/aromatic N) is 3. The second-order valence-corrected chi connectivity index (χ2v) is 8.90. The maximum Gasteiger partial charge on any atom is 0.410 e. The summed E-state index contributed by atoms with van der Waals surface area (Å²) in [6.07, 6.45) is 1.05. The lowest BCUT2D eigenvalue weighted by atomic mass is 9.96. The van der Waals surface area contributed by atoms with Gasteiger partial charge in [-0.2, -0.15) is 0 Å². The number of ketones is 1. The van der Waals surface area contributed by atoms with E-state index in [9.17, 15) is 14.4 Å². The zero-order valence-corrected chi connectivity index (χ0v) is 18.3. The predicted octanol–water partition coefficient (Wildman–Crippen LogP) is 2.66. The number of carbonyl (C=O) groups excluding carboxylic acids is 3. The number of fused-ring (bicyclic) bond motifs is 1. The van der Waals surface area contributed by atoms with Gasteiger partial charge in [-0.3, -0.25) is 9.59 Å². The lowest BCUT2D eigenvalue weighted by Gasteiger charge is -2.35. The number of pyridine rings is 1. The number of ether oxygens (including phenoxy) is 1. The zero-order chi connectivity index (χ0) is 20.6. The molecular weight excluding hydrogens is 452 g/mol. The molecule has 1 atom stereocenters. The van der Waals surface area contributed by atoms with Gasteiger partial charge in [0, 0.05) is 44.5 Å². The maximum absolute atomic E-state index is 12.8. The topological polar surface area (TPSA) is 91.8 Å². The van der Waals surface area contributed by atoms with Crippen molar-refractivity contribution in [2.75, 3.05) is 38.0 Å². The Hall–Kier alpha value is -1.87. The maximum atomic E-state index is 12.8. The van der Waals surface area contributed by atoms with Gasteiger partial charge in [0.1, 0.15) is 10.2 Å². The largest absolute Gasteiger partial charge is 0.444 e. The molecule has 10 heteroatoms. The molecule has 3 heterocycles. The summed E-state index contributed by atoms with van der Waals surface area (Å²) in [5, 5.41) is 3.44. The fourth-order valence-electron chi connectivity index (χ4n) is 3.24. The minimum Gasteiger partial charge on any atom is -0.444 e. The number of halogens is 2. The van der Waals surface area contributed by atoms with E-state index in [1.807, 2.05) is 0 Å². The number of Topliss-reactive ketones (excluding diaryl/α,β-unsaturated/α-hetero) is 1. The van der Waals surface area contributed by atoms with Crippen molar-refractivity contribution >= 4 is 51.0 Å². The monoisotopic (exact) mass is 472 g/mol. The molecule has 0 radical (unpaired) electrons. The summed E-state index contributed by atoms with van der Waals surface area (Å²) in [7, 11) is 0. The lowest BCUT2D eigenvalue weighted by Crippen LogP contribution is -2.53. The smallest absolute Gasteiger partial charge is 0.410 e. The molecule has 1 aromatic rings. The molecule has 2 aliphatic rings. The molecule has 0 aliphatic carbocycles. The van der Waals surface area contributed by atoms with Crippen LogP contribution in [0.2, 0.25) is 5.02 Å². The molecule has 1 fully saturated rings. The van der Waals surface area contributed by atoms with Gasteiger partial charge in [-0.25, -0.2) is 9.78 Å². The van der Waals surface area contributed by atoms with E-state index in [0.29, 0.717) is 40.5 Å². The van der Waals surface area contributed by atoms with Gasteiger partial charge in [-0.05, 0) is 36.7 Å². The highest BCUT2D eigenvalue weighted by molar-refractivity contribution is 9.10. The van der Waals surface area contributed by atoms with Crippen molar-refractivity contribution < 1.29 is 19.1 Å². The summed E-state index contributed by atoms with van der Waals surface area (Å²) in [5.74, 6) is -1.73. The number of rotatable bonds is 2. The third kappa shape index (κ3) is 4.25. The third-order valence-corrected chi connectivity index (χ3v) is 5.50. The molecule has 0 saturated carbocycles. The molecule has 1 aromatic heterocycles. The number of amides is 2. The quantitative estimate of drug-likeness (QED) is 0.524. The van der Waals surface area contributed by atoms with E-state index in [4.69, 9.17) is 16.3 Å². The first-order valence-corrected chi connectivity index (χ1v) is 10.1. The minimum atomic E-state index is -0.654. The van der Waals surface area contributed by atoms with Crippen LogP contribution in [0.4, 0.5) is 10.5 Å². The Balaban J connectivity index is 1.64. The molecule has 152 valence electrons. The van der Waals surface area contributed by atoms with Crippen LogP contribution in [-0.2, 0) is 14.3 Å². The van der Waals surface area contributed by atoms with Crippen molar-refractivity contribution in [3.05, 3.63) is 21.4 Å². The number of aromatic nitrogens is 1. The number of anilines is 1. The Kier molecular flexibility index (Phi) is 5.86. The first kappa shape index (κ1) is 20.9. The summed E-state index contributed by atoms with van der Waals surface area (Å²) in [6.45, 7) is 6.91. The fourth-order valence-corrected chi connectivity index (χ4v) is 3.97.